The third-order valence-corrected chi connectivity index (χ3v) is 2.86. The molecular weight excluding hydrogens is 204 g/mol. The summed E-state index contributed by atoms with van der Waals surface area (Å²) in [6.45, 7) is 4.14. The van der Waals surface area contributed by atoms with Gasteiger partial charge in [-0.1, -0.05) is 6.07 Å². The van der Waals surface area contributed by atoms with Crippen molar-refractivity contribution >= 4 is 0 Å². The van der Waals surface area contributed by atoms with E-state index in [0.717, 1.165) is 16.7 Å². The van der Waals surface area contributed by atoms with Gasteiger partial charge in [-0.05, 0) is 31.0 Å². The number of nitrogens with two attached hydrogens (primary N) is 2. The molecule has 2 atom stereocenters. The zero-order chi connectivity index (χ0) is 12.3. The number of aliphatic hydroxyl groups excluding tert-OH is 1. The van der Waals surface area contributed by atoms with Crippen molar-refractivity contribution in [2.75, 3.05) is 13.7 Å². The van der Waals surface area contributed by atoms with E-state index in [2.05, 4.69) is 0 Å². The fourth-order valence-electron chi connectivity index (χ4n) is 1.60. The fourth-order valence-corrected chi connectivity index (χ4v) is 1.60. The minimum absolute atomic E-state index is 0.136. The second kappa shape index (κ2) is 5.30. The second-order valence-electron chi connectivity index (χ2n) is 4.01. The molecule has 0 aliphatic heterocycles. The molecule has 4 nitrogen and oxygen atoms in total. The van der Waals surface area contributed by atoms with Gasteiger partial charge in [-0.25, -0.2) is 0 Å². The molecule has 1 aromatic carbocycles. The molecule has 1 aromatic rings. The first kappa shape index (κ1) is 13.0. The zero-order valence-corrected chi connectivity index (χ0v) is 10.0. The summed E-state index contributed by atoms with van der Waals surface area (Å²) < 4.78 is 5.27. The molecule has 0 saturated carbocycles. The molecule has 90 valence electrons. The molecule has 0 aliphatic rings. The van der Waals surface area contributed by atoms with Crippen molar-refractivity contribution in [1.82, 2.24) is 0 Å². The Labute approximate surface area is 96.2 Å². The molecule has 0 fully saturated rings. The molecule has 0 bridgehead atoms. The first-order valence-corrected chi connectivity index (χ1v) is 5.30. The van der Waals surface area contributed by atoms with Gasteiger partial charge in [-0.3, -0.25) is 0 Å². The van der Waals surface area contributed by atoms with E-state index >= 15 is 0 Å². The van der Waals surface area contributed by atoms with Crippen LogP contribution < -0.4 is 16.2 Å². The van der Waals surface area contributed by atoms with Crippen molar-refractivity contribution in [3.63, 3.8) is 0 Å². The van der Waals surface area contributed by atoms with Gasteiger partial charge in [0, 0.05) is 12.1 Å². The van der Waals surface area contributed by atoms with Gasteiger partial charge < -0.3 is 21.3 Å². The van der Waals surface area contributed by atoms with E-state index in [0.29, 0.717) is 5.75 Å². The lowest BCUT2D eigenvalue weighted by molar-refractivity contribution is 0.151. The fraction of sp³-hybridized carbons (Fsp3) is 0.500. The Kier molecular flexibility index (Phi) is 4.29. The van der Waals surface area contributed by atoms with Gasteiger partial charge in [0.1, 0.15) is 5.75 Å². The molecule has 0 spiro atoms. The number of ether oxygens (including phenoxy) is 1. The van der Waals surface area contributed by atoms with Crippen LogP contribution in [0.5, 0.6) is 5.75 Å². The number of hydrogen-bond acceptors (Lipinski definition) is 4. The topological polar surface area (TPSA) is 81.5 Å². The molecular formula is C12H20N2O2. The third kappa shape index (κ3) is 2.52. The Morgan fingerprint density at radius 3 is 2.38 bits per heavy atom. The number of rotatable bonds is 4. The van der Waals surface area contributed by atoms with Crippen LogP contribution >= 0.6 is 0 Å². The summed E-state index contributed by atoms with van der Waals surface area (Å²) in [5, 5.41) is 9.65. The Morgan fingerprint density at radius 2 is 1.88 bits per heavy atom. The van der Waals surface area contributed by atoms with Gasteiger partial charge in [0.25, 0.3) is 0 Å². The maximum absolute atomic E-state index is 9.65. The van der Waals surface area contributed by atoms with Crippen molar-refractivity contribution < 1.29 is 9.84 Å². The van der Waals surface area contributed by atoms with Gasteiger partial charge in [0.15, 0.2) is 0 Å². The average molecular weight is 224 g/mol. The normalized spacial score (nSPS) is 14.6. The predicted molar refractivity (Wildman–Crippen MR) is 64.5 cm³/mol. The van der Waals surface area contributed by atoms with Crippen LogP contribution in [0.4, 0.5) is 0 Å². The van der Waals surface area contributed by atoms with Gasteiger partial charge in [-0.2, -0.15) is 0 Å². The smallest absolute Gasteiger partial charge is 0.124 e. The number of methoxy groups -OCH3 is 1. The van der Waals surface area contributed by atoms with Crippen LogP contribution in [0, 0.1) is 13.8 Å². The summed E-state index contributed by atoms with van der Waals surface area (Å²) in [6.07, 6.45) is -0.754. The summed E-state index contributed by atoms with van der Waals surface area (Å²) in [5.41, 5.74) is 14.4. The maximum atomic E-state index is 9.65. The van der Waals surface area contributed by atoms with E-state index in [-0.39, 0.29) is 6.54 Å². The first-order valence-electron chi connectivity index (χ1n) is 5.30. The van der Waals surface area contributed by atoms with Crippen molar-refractivity contribution in [2.45, 2.75) is 26.0 Å². The summed E-state index contributed by atoms with van der Waals surface area (Å²) >= 11 is 0. The molecule has 4 heteroatoms. The predicted octanol–water partition coefficient (Wildman–Crippen LogP) is 0.631. The summed E-state index contributed by atoms with van der Waals surface area (Å²) in [6, 6.07) is 3.35. The number of aliphatic hydroxyl groups is 1. The van der Waals surface area contributed by atoms with Crippen molar-refractivity contribution in [2.24, 2.45) is 11.5 Å². The Bertz CT molecular complexity index is 366. The van der Waals surface area contributed by atoms with Crippen LogP contribution in [0.15, 0.2) is 12.1 Å². The summed E-state index contributed by atoms with van der Waals surface area (Å²) in [7, 11) is 1.59. The molecule has 5 N–H and O–H groups in total. The monoisotopic (exact) mass is 224 g/mol. The molecule has 0 amide bonds. The summed E-state index contributed by atoms with van der Waals surface area (Å²) in [4.78, 5) is 0. The van der Waals surface area contributed by atoms with Crippen LogP contribution in [0.1, 0.15) is 22.7 Å². The standard InChI is InChI=1S/C12H20N2O2/c1-7-4-9(12(14)10(15)6-13)11(16-3)5-8(7)2/h4-5,10,12,15H,6,13-14H2,1-3H3. The molecule has 0 heterocycles. The average Bonchev–Trinajstić information content (AvgIpc) is 2.30. The van der Waals surface area contributed by atoms with Crippen molar-refractivity contribution in [1.29, 1.82) is 0 Å². The van der Waals surface area contributed by atoms with E-state index in [4.69, 9.17) is 16.2 Å². The molecule has 0 saturated heterocycles. The SMILES string of the molecule is COc1cc(C)c(C)cc1C(N)C(O)CN. The molecule has 16 heavy (non-hydrogen) atoms. The number of hydrogen-bond donors (Lipinski definition) is 3. The highest BCUT2D eigenvalue weighted by Crippen LogP contribution is 2.28. The van der Waals surface area contributed by atoms with Crippen molar-refractivity contribution in [3.8, 4) is 5.75 Å². The highest BCUT2D eigenvalue weighted by Gasteiger charge is 2.19. The Hall–Kier alpha value is -1.10. The lowest BCUT2D eigenvalue weighted by Crippen LogP contribution is -2.33. The second-order valence-corrected chi connectivity index (χ2v) is 4.01. The van der Waals surface area contributed by atoms with E-state index in [1.165, 1.54) is 0 Å². The first-order chi connectivity index (χ1) is 7.51. The lowest BCUT2D eigenvalue weighted by Gasteiger charge is -2.21. The van der Waals surface area contributed by atoms with Crippen LogP contribution in [0.2, 0.25) is 0 Å². The van der Waals surface area contributed by atoms with Gasteiger partial charge in [0.2, 0.25) is 0 Å². The molecule has 0 aliphatic carbocycles. The van der Waals surface area contributed by atoms with E-state index in [1.54, 1.807) is 7.11 Å². The van der Waals surface area contributed by atoms with Crippen LogP contribution in [-0.2, 0) is 0 Å². The third-order valence-electron chi connectivity index (χ3n) is 2.86. The minimum atomic E-state index is -0.754. The quantitative estimate of drug-likeness (QED) is 0.700. The maximum Gasteiger partial charge on any atom is 0.124 e. The molecule has 1 rings (SSSR count). The Morgan fingerprint density at radius 1 is 1.31 bits per heavy atom. The van der Waals surface area contributed by atoms with Gasteiger partial charge >= 0.3 is 0 Å². The van der Waals surface area contributed by atoms with Crippen LogP contribution in [0.3, 0.4) is 0 Å². The Balaban J connectivity index is 3.16. The minimum Gasteiger partial charge on any atom is -0.496 e. The zero-order valence-electron chi connectivity index (χ0n) is 10.0. The van der Waals surface area contributed by atoms with E-state index < -0.39 is 12.1 Å². The largest absolute Gasteiger partial charge is 0.496 e. The molecule has 2 unspecified atom stereocenters. The number of benzene rings is 1. The van der Waals surface area contributed by atoms with E-state index in [1.807, 2.05) is 26.0 Å². The summed E-state index contributed by atoms with van der Waals surface area (Å²) in [5.74, 6) is 0.697. The van der Waals surface area contributed by atoms with E-state index in [9.17, 15) is 5.11 Å². The van der Waals surface area contributed by atoms with Gasteiger partial charge in [-0.15, -0.1) is 0 Å². The number of aryl methyl sites for hydroxylation is 2. The lowest BCUT2D eigenvalue weighted by atomic mass is 9.97. The molecule has 0 radical (unpaired) electrons. The van der Waals surface area contributed by atoms with Gasteiger partial charge in [0.05, 0.1) is 19.3 Å². The van der Waals surface area contributed by atoms with Crippen LogP contribution in [0.25, 0.3) is 0 Å². The van der Waals surface area contributed by atoms with Crippen molar-refractivity contribution in [3.05, 3.63) is 28.8 Å². The molecule has 0 aromatic heterocycles. The highest BCUT2D eigenvalue weighted by molar-refractivity contribution is 5.43. The highest BCUT2D eigenvalue weighted by atomic mass is 16.5. The van der Waals surface area contributed by atoms with Crippen LogP contribution in [-0.4, -0.2) is 24.9 Å².